The molecule has 1 saturated carbocycles. The molecule has 0 spiro atoms. The first-order valence-corrected chi connectivity index (χ1v) is 15.9. The number of sulfonamides is 1. The number of aryl methyl sites for hydroxylation is 1. The maximum Gasteiger partial charge on any atom is 0.264 e. The molecule has 7 nitrogen and oxygen atoms in total. The van der Waals surface area contributed by atoms with Crippen molar-refractivity contribution in [2.45, 2.75) is 69.5 Å². The molecule has 41 heavy (non-hydrogen) atoms. The number of rotatable bonds is 10. The molecule has 0 heterocycles. The van der Waals surface area contributed by atoms with Gasteiger partial charge in [0.05, 0.1) is 10.6 Å². The minimum Gasteiger partial charge on any atom is -0.352 e. The molecule has 1 aliphatic rings. The Morgan fingerprint density at radius 2 is 1.61 bits per heavy atom. The van der Waals surface area contributed by atoms with Gasteiger partial charge in [0.25, 0.3) is 10.0 Å². The van der Waals surface area contributed by atoms with Crippen molar-refractivity contribution >= 4 is 50.7 Å². The van der Waals surface area contributed by atoms with Crippen LogP contribution in [0.25, 0.3) is 0 Å². The number of carbonyl (C=O) groups is 2. The molecule has 2 amide bonds. The molecule has 1 N–H and O–H groups in total. The van der Waals surface area contributed by atoms with E-state index in [1.807, 2.05) is 6.92 Å². The zero-order valence-corrected chi connectivity index (χ0v) is 25.6. The van der Waals surface area contributed by atoms with Crippen molar-refractivity contribution in [3.05, 3.63) is 94.0 Å². The third-order valence-corrected chi connectivity index (χ3v) is 9.78. The van der Waals surface area contributed by atoms with Gasteiger partial charge in [0.15, 0.2) is 0 Å². The summed E-state index contributed by atoms with van der Waals surface area (Å²) >= 11 is 12.5. The van der Waals surface area contributed by atoms with Crippen molar-refractivity contribution in [2.24, 2.45) is 0 Å². The smallest absolute Gasteiger partial charge is 0.264 e. The van der Waals surface area contributed by atoms with Crippen LogP contribution in [0, 0.1) is 6.92 Å². The molecule has 1 fully saturated rings. The van der Waals surface area contributed by atoms with Gasteiger partial charge in [-0.05, 0) is 68.7 Å². The summed E-state index contributed by atoms with van der Waals surface area (Å²) < 4.78 is 28.8. The second kappa shape index (κ2) is 13.7. The first-order valence-electron chi connectivity index (χ1n) is 13.7. The molecular formula is C31H35Cl2N3O4S. The minimum atomic E-state index is -4.11. The van der Waals surface area contributed by atoms with Gasteiger partial charge in [0.2, 0.25) is 11.8 Å². The Morgan fingerprint density at radius 1 is 0.951 bits per heavy atom. The molecule has 4 rings (SSSR count). The van der Waals surface area contributed by atoms with Gasteiger partial charge in [-0.1, -0.05) is 84.4 Å². The summed E-state index contributed by atoms with van der Waals surface area (Å²) in [5, 5.41) is 3.88. The SMILES string of the molecule is Cc1ccc(S(=O)(=O)N(CC(=O)N(Cc2ccc(Cl)cc2Cl)[C@H](C)C(=O)NC2CCCCC2)c2ccccc2)cc1. The number of halogens is 2. The van der Waals surface area contributed by atoms with Crippen LogP contribution in [0.5, 0.6) is 0 Å². The zero-order chi connectivity index (χ0) is 29.6. The van der Waals surface area contributed by atoms with E-state index in [0.717, 1.165) is 42.0 Å². The Kier molecular flexibility index (Phi) is 10.3. The van der Waals surface area contributed by atoms with Crippen LogP contribution in [0.1, 0.15) is 50.2 Å². The maximum absolute atomic E-state index is 14.1. The number of benzene rings is 3. The molecular weight excluding hydrogens is 581 g/mol. The largest absolute Gasteiger partial charge is 0.352 e. The molecule has 3 aromatic rings. The molecule has 1 atom stereocenters. The second-order valence-electron chi connectivity index (χ2n) is 10.4. The number of nitrogens with zero attached hydrogens (tertiary/aromatic N) is 2. The topological polar surface area (TPSA) is 86.8 Å². The van der Waals surface area contributed by atoms with Gasteiger partial charge in [0.1, 0.15) is 12.6 Å². The predicted octanol–water partition coefficient (Wildman–Crippen LogP) is 6.36. The molecule has 3 aromatic carbocycles. The van der Waals surface area contributed by atoms with Crippen molar-refractivity contribution in [3.8, 4) is 0 Å². The summed E-state index contributed by atoms with van der Waals surface area (Å²) in [6, 6.07) is 19.1. The molecule has 1 aliphatic carbocycles. The lowest BCUT2D eigenvalue weighted by molar-refractivity contribution is -0.139. The van der Waals surface area contributed by atoms with E-state index < -0.39 is 28.5 Å². The van der Waals surface area contributed by atoms with Crippen molar-refractivity contribution < 1.29 is 18.0 Å². The van der Waals surface area contributed by atoms with Gasteiger partial charge in [-0.25, -0.2) is 8.42 Å². The lowest BCUT2D eigenvalue weighted by Crippen LogP contribution is -2.53. The molecule has 0 radical (unpaired) electrons. The summed E-state index contributed by atoms with van der Waals surface area (Å²) in [5.41, 5.74) is 1.84. The summed E-state index contributed by atoms with van der Waals surface area (Å²) in [5.74, 6) is -0.829. The quantitative estimate of drug-likeness (QED) is 0.287. The zero-order valence-electron chi connectivity index (χ0n) is 23.2. The number of para-hydroxylation sites is 1. The Morgan fingerprint density at radius 3 is 2.24 bits per heavy atom. The third-order valence-electron chi connectivity index (χ3n) is 7.41. The molecule has 0 aromatic heterocycles. The Labute approximate surface area is 252 Å². The minimum absolute atomic E-state index is 0.00129. The third kappa shape index (κ3) is 7.82. The van der Waals surface area contributed by atoms with E-state index in [4.69, 9.17) is 23.2 Å². The molecule has 0 saturated heterocycles. The first-order chi connectivity index (χ1) is 19.6. The van der Waals surface area contributed by atoms with Gasteiger partial charge >= 0.3 is 0 Å². The summed E-state index contributed by atoms with van der Waals surface area (Å²) in [6.07, 6.45) is 5.03. The number of anilines is 1. The van der Waals surface area contributed by atoms with E-state index in [9.17, 15) is 18.0 Å². The van der Waals surface area contributed by atoms with Gasteiger partial charge < -0.3 is 10.2 Å². The number of nitrogens with one attached hydrogen (secondary N) is 1. The lowest BCUT2D eigenvalue weighted by atomic mass is 9.95. The lowest BCUT2D eigenvalue weighted by Gasteiger charge is -2.33. The van der Waals surface area contributed by atoms with Crippen LogP contribution in [0.3, 0.4) is 0 Å². The van der Waals surface area contributed by atoms with Crippen molar-refractivity contribution in [3.63, 3.8) is 0 Å². The van der Waals surface area contributed by atoms with Crippen LogP contribution in [-0.2, 0) is 26.2 Å². The molecule has 0 unspecified atom stereocenters. The molecule has 0 bridgehead atoms. The van der Waals surface area contributed by atoms with Gasteiger partial charge in [-0.2, -0.15) is 0 Å². The highest BCUT2D eigenvalue weighted by Crippen LogP contribution is 2.27. The Balaban J connectivity index is 1.67. The Bertz CT molecular complexity index is 1460. The van der Waals surface area contributed by atoms with Crippen LogP contribution in [-0.4, -0.2) is 43.8 Å². The van der Waals surface area contributed by atoms with E-state index in [2.05, 4.69) is 5.32 Å². The van der Waals surface area contributed by atoms with E-state index in [1.165, 1.54) is 17.0 Å². The summed E-state index contributed by atoms with van der Waals surface area (Å²) in [4.78, 5) is 28.9. The molecule has 0 aliphatic heterocycles. The highest BCUT2D eigenvalue weighted by Gasteiger charge is 2.33. The number of hydrogen-bond acceptors (Lipinski definition) is 4. The number of amides is 2. The Hall–Kier alpha value is -3.07. The van der Waals surface area contributed by atoms with Crippen LogP contribution in [0.4, 0.5) is 5.69 Å². The summed E-state index contributed by atoms with van der Waals surface area (Å²) in [7, 11) is -4.11. The predicted molar refractivity (Wildman–Crippen MR) is 164 cm³/mol. The standard InChI is InChI=1S/C31H35Cl2N3O4S/c1-22-13-17-28(18-14-22)41(39,40)36(27-11-7-4-8-12-27)21-30(37)35(20-24-15-16-25(32)19-29(24)33)23(2)31(38)34-26-9-5-3-6-10-26/h4,7-8,11-19,23,26H,3,5-6,9-10,20-21H2,1-2H3,(H,34,38)/t23-/m1/s1. The fraction of sp³-hybridized carbons (Fsp3) is 0.355. The maximum atomic E-state index is 14.1. The molecule has 218 valence electrons. The molecule has 10 heteroatoms. The highest BCUT2D eigenvalue weighted by molar-refractivity contribution is 7.92. The fourth-order valence-corrected chi connectivity index (χ4v) is 6.83. The van der Waals surface area contributed by atoms with Crippen molar-refractivity contribution in [1.29, 1.82) is 0 Å². The van der Waals surface area contributed by atoms with Gasteiger partial charge in [-0.15, -0.1) is 0 Å². The van der Waals surface area contributed by atoms with Gasteiger partial charge in [0, 0.05) is 22.6 Å². The normalized spacial score (nSPS) is 14.7. The monoisotopic (exact) mass is 615 g/mol. The van der Waals surface area contributed by atoms with E-state index in [1.54, 1.807) is 67.6 Å². The first kappa shape index (κ1) is 30.9. The fourth-order valence-electron chi connectivity index (χ4n) is 4.95. The van der Waals surface area contributed by atoms with E-state index >= 15 is 0 Å². The van der Waals surface area contributed by atoms with E-state index in [-0.39, 0.29) is 23.4 Å². The summed E-state index contributed by atoms with van der Waals surface area (Å²) in [6.45, 7) is 3.02. The average molecular weight is 617 g/mol. The van der Waals surface area contributed by atoms with Crippen LogP contribution < -0.4 is 9.62 Å². The number of hydrogen-bond donors (Lipinski definition) is 1. The van der Waals surface area contributed by atoms with Crippen LogP contribution in [0.2, 0.25) is 10.0 Å². The van der Waals surface area contributed by atoms with E-state index in [0.29, 0.717) is 21.3 Å². The van der Waals surface area contributed by atoms with Crippen LogP contribution in [0.15, 0.2) is 77.7 Å². The highest BCUT2D eigenvalue weighted by atomic mass is 35.5. The second-order valence-corrected chi connectivity index (χ2v) is 13.1. The van der Waals surface area contributed by atoms with Crippen molar-refractivity contribution in [1.82, 2.24) is 10.2 Å². The number of carbonyl (C=O) groups excluding carboxylic acids is 2. The van der Waals surface area contributed by atoms with Crippen molar-refractivity contribution in [2.75, 3.05) is 10.8 Å². The van der Waals surface area contributed by atoms with Gasteiger partial charge in [-0.3, -0.25) is 13.9 Å². The average Bonchev–Trinajstić information content (AvgIpc) is 2.96. The van der Waals surface area contributed by atoms with Crippen LogP contribution >= 0.6 is 23.2 Å².